The van der Waals surface area contributed by atoms with Crippen LogP contribution in [-0.4, -0.2) is 14.0 Å². The van der Waals surface area contributed by atoms with Gasteiger partial charge in [0, 0.05) is 32.8 Å². The third-order valence-electron chi connectivity index (χ3n) is 9.47. The van der Waals surface area contributed by atoms with Gasteiger partial charge in [-0.2, -0.15) is 0 Å². The maximum Gasteiger partial charge on any atom is 0.145 e. The van der Waals surface area contributed by atoms with Gasteiger partial charge >= 0.3 is 0 Å². The number of fused-ring (bicyclic) bond motifs is 11. The second-order valence-electron chi connectivity index (χ2n) is 12.0. The molecule has 3 heterocycles. The third kappa shape index (κ3) is 3.51. The van der Waals surface area contributed by atoms with Crippen molar-refractivity contribution >= 4 is 70.7 Å². The van der Waals surface area contributed by atoms with Gasteiger partial charge < -0.3 is 4.40 Å². The molecule has 0 radical (unpaired) electrons. The second kappa shape index (κ2) is 9.65. The molecule has 7 aromatic carbocycles. The van der Waals surface area contributed by atoms with E-state index in [9.17, 15) is 0 Å². The number of nitrogens with zero attached hydrogens (tertiary/aromatic N) is 3. The molecule has 0 unspecified atom stereocenters. The van der Waals surface area contributed by atoms with Crippen LogP contribution >= 0.6 is 0 Å². The molecule has 3 heteroatoms. The number of imidazole rings is 1. The van der Waals surface area contributed by atoms with Gasteiger partial charge in [-0.05, 0) is 70.1 Å². The van der Waals surface area contributed by atoms with Crippen molar-refractivity contribution in [2.45, 2.75) is 0 Å². The van der Waals surface area contributed by atoms with E-state index in [1.54, 1.807) is 0 Å². The van der Waals surface area contributed by atoms with E-state index >= 15 is 0 Å². The second-order valence-corrected chi connectivity index (χ2v) is 12.0. The Bertz CT molecular complexity index is 2860. The first-order valence-electron chi connectivity index (χ1n) is 15.7. The highest BCUT2D eigenvalue weighted by Crippen LogP contribution is 2.41. The first-order chi connectivity index (χ1) is 22.8. The molecular weight excluding hydrogens is 558 g/mol. The summed E-state index contributed by atoms with van der Waals surface area (Å²) in [5.41, 5.74) is 7.83. The molecule has 0 aliphatic heterocycles. The quantitative estimate of drug-likeness (QED) is 0.198. The highest BCUT2D eigenvalue weighted by molar-refractivity contribution is 6.25. The molecule has 3 nitrogen and oxygen atoms in total. The van der Waals surface area contributed by atoms with Crippen LogP contribution in [-0.2, 0) is 0 Å². The Balaban J connectivity index is 1.51. The summed E-state index contributed by atoms with van der Waals surface area (Å²) in [4.78, 5) is 5.29. The lowest BCUT2D eigenvalue weighted by Gasteiger charge is -2.11. The lowest BCUT2D eigenvalue weighted by Crippen LogP contribution is -1.97. The highest BCUT2D eigenvalue weighted by atomic mass is 15.1. The topological polar surface area (TPSA) is 22.2 Å². The minimum Gasteiger partial charge on any atom is -0.308 e. The van der Waals surface area contributed by atoms with Gasteiger partial charge in [-0.15, -0.1) is 0 Å². The number of hydrogen-bond acceptors (Lipinski definition) is 1. The molecule has 0 saturated heterocycles. The number of para-hydroxylation sites is 5. The van der Waals surface area contributed by atoms with Crippen molar-refractivity contribution in [1.82, 2.24) is 14.0 Å². The molecule has 0 aliphatic rings. The van der Waals surface area contributed by atoms with E-state index < -0.39 is 0 Å². The van der Waals surface area contributed by atoms with Gasteiger partial charge in [0.05, 0.1) is 27.6 Å². The van der Waals surface area contributed by atoms with Gasteiger partial charge in [0.25, 0.3) is 0 Å². The zero-order valence-electron chi connectivity index (χ0n) is 24.9. The van der Waals surface area contributed by atoms with Crippen LogP contribution in [0.2, 0.25) is 0 Å². The number of rotatable bonds is 2. The van der Waals surface area contributed by atoms with Crippen molar-refractivity contribution in [3.8, 4) is 17.1 Å². The Morgan fingerprint density at radius 2 is 0.804 bits per heavy atom. The summed E-state index contributed by atoms with van der Waals surface area (Å²) in [5.74, 6) is 0.931. The fourth-order valence-corrected chi connectivity index (χ4v) is 7.54. The van der Waals surface area contributed by atoms with Crippen molar-refractivity contribution in [2.24, 2.45) is 0 Å². The van der Waals surface area contributed by atoms with E-state index in [2.05, 4.69) is 173 Å². The smallest absolute Gasteiger partial charge is 0.145 e. The van der Waals surface area contributed by atoms with E-state index in [1.165, 1.54) is 59.6 Å². The molecule has 10 rings (SSSR count). The minimum atomic E-state index is 0.931. The predicted octanol–water partition coefficient (Wildman–Crippen LogP) is 11.3. The summed E-state index contributed by atoms with van der Waals surface area (Å²) < 4.78 is 4.78. The summed E-state index contributed by atoms with van der Waals surface area (Å²) in [6, 6.07) is 59.1. The van der Waals surface area contributed by atoms with Gasteiger partial charge in [0.1, 0.15) is 5.82 Å². The normalized spacial score (nSPS) is 11.9. The Kier molecular flexibility index (Phi) is 5.28. The molecule has 46 heavy (non-hydrogen) atoms. The predicted molar refractivity (Wildman–Crippen MR) is 194 cm³/mol. The Labute approximate surface area is 264 Å². The van der Waals surface area contributed by atoms with Crippen molar-refractivity contribution in [3.05, 3.63) is 164 Å². The molecule has 0 N–H and O–H groups in total. The molecule has 0 aliphatic carbocycles. The summed E-state index contributed by atoms with van der Waals surface area (Å²) in [7, 11) is 0. The van der Waals surface area contributed by atoms with Crippen LogP contribution < -0.4 is 0 Å². The molecule has 0 spiro atoms. The van der Waals surface area contributed by atoms with Gasteiger partial charge in [-0.25, -0.2) is 4.98 Å². The van der Waals surface area contributed by atoms with Crippen molar-refractivity contribution < 1.29 is 0 Å². The van der Waals surface area contributed by atoms with Gasteiger partial charge in [0.2, 0.25) is 0 Å². The van der Waals surface area contributed by atoms with Crippen LogP contribution in [0.4, 0.5) is 0 Å². The highest BCUT2D eigenvalue weighted by Gasteiger charge is 2.20. The number of benzene rings is 7. The number of aromatic nitrogens is 3. The largest absolute Gasteiger partial charge is 0.308 e. The molecular formula is C43H27N3. The van der Waals surface area contributed by atoms with E-state index in [0.29, 0.717) is 0 Å². The van der Waals surface area contributed by atoms with Crippen LogP contribution in [0.15, 0.2) is 164 Å². The van der Waals surface area contributed by atoms with Crippen LogP contribution in [0.25, 0.3) is 87.7 Å². The standard InChI is InChI=1S/C43H27N3/c1-2-14-29(15-3-1)45-41-25-13-10-22-38(41)44-43(45)28-26-36-33-19-7-5-17-31(33)30-16-4-6-18-32(30)34-20-8-11-23-39(34)46-40-24-12-9-21-35(40)37(27-28)42(36)46/h1-27H. The fraction of sp³-hybridized carbons (Fsp3) is 0. The van der Waals surface area contributed by atoms with E-state index in [0.717, 1.165) is 28.1 Å². The maximum atomic E-state index is 5.29. The van der Waals surface area contributed by atoms with Crippen LogP contribution in [0.3, 0.4) is 0 Å². The Morgan fingerprint density at radius 1 is 0.370 bits per heavy atom. The fourth-order valence-electron chi connectivity index (χ4n) is 7.54. The zero-order valence-corrected chi connectivity index (χ0v) is 24.9. The summed E-state index contributed by atoms with van der Waals surface area (Å²) >= 11 is 0. The average Bonchev–Trinajstić information content (AvgIpc) is 3.69. The SMILES string of the molecule is c1ccc(-n2c(-c3cc4c5ccccc5c5ccccc5c5ccccc5n5c6ccccc6c(c3)c45)nc3ccccc32)cc1. The van der Waals surface area contributed by atoms with Crippen LogP contribution in [0.5, 0.6) is 0 Å². The van der Waals surface area contributed by atoms with Crippen molar-refractivity contribution in [3.63, 3.8) is 0 Å². The maximum absolute atomic E-state index is 5.29. The Hall–Kier alpha value is -6.19. The van der Waals surface area contributed by atoms with Crippen LogP contribution in [0, 0.1) is 0 Å². The first-order valence-corrected chi connectivity index (χ1v) is 15.7. The molecule has 0 saturated carbocycles. The molecule has 10 aromatic rings. The van der Waals surface area contributed by atoms with Crippen molar-refractivity contribution in [1.29, 1.82) is 0 Å². The lowest BCUT2D eigenvalue weighted by atomic mass is 9.99. The molecule has 0 bridgehead atoms. The van der Waals surface area contributed by atoms with Gasteiger partial charge in [0.15, 0.2) is 0 Å². The van der Waals surface area contributed by atoms with Gasteiger partial charge in [-0.3, -0.25) is 4.57 Å². The minimum absolute atomic E-state index is 0.931. The summed E-state index contributed by atoms with van der Waals surface area (Å²) in [6.45, 7) is 0. The average molecular weight is 586 g/mol. The number of hydrogen-bond donors (Lipinski definition) is 0. The van der Waals surface area contributed by atoms with E-state index in [4.69, 9.17) is 4.98 Å². The third-order valence-corrected chi connectivity index (χ3v) is 9.47. The first kappa shape index (κ1) is 25.2. The zero-order chi connectivity index (χ0) is 30.2. The molecule has 0 atom stereocenters. The lowest BCUT2D eigenvalue weighted by molar-refractivity contribution is 1.10. The molecule has 214 valence electrons. The van der Waals surface area contributed by atoms with Crippen molar-refractivity contribution in [2.75, 3.05) is 0 Å². The van der Waals surface area contributed by atoms with E-state index in [1.807, 2.05) is 0 Å². The molecule has 3 aromatic heterocycles. The Morgan fingerprint density at radius 3 is 1.43 bits per heavy atom. The summed E-state index contributed by atoms with van der Waals surface area (Å²) in [5, 5.41) is 9.75. The summed E-state index contributed by atoms with van der Waals surface area (Å²) in [6.07, 6.45) is 0. The van der Waals surface area contributed by atoms with E-state index in [-0.39, 0.29) is 0 Å². The van der Waals surface area contributed by atoms with Gasteiger partial charge in [-0.1, -0.05) is 115 Å². The molecule has 0 fully saturated rings. The van der Waals surface area contributed by atoms with Crippen LogP contribution in [0.1, 0.15) is 0 Å². The molecule has 0 amide bonds. The monoisotopic (exact) mass is 585 g/mol.